The Balaban J connectivity index is 2.76. The normalized spacial score (nSPS) is 12.0. The Morgan fingerprint density at radius 2 is 1.72 bits per heavy atom. The second kappa shape index (κ2) is 9.05. The van der Waals surface area contributed by atoms with Crippen molar-refractivity contribution in [1.29, 1.82) is 0 Å². The summed E-state index contributed by atoms with van der Waals surface area (Å²) in [4.78, 5) is 35.2. The van der Waals surface area contributed by atoms with Gasteiger partial charge in [-0.25, -0.2) is 9.59 Å². The number of rotatable bonds is 6. The van der Waals surface area contributed by atoms with E-state index < -0.39 is 23.7 Å². The molecule has 1 aromatic rings. The quantitative estimate of drug-likeness (QED) is 0.769. The van der Waals surface area contributed by atoms with Crippen LogP contribution in [0.1, 0.15) is 39.7 Å². The molecular formula is C18H26N2O5. The lowest BCUT2D eigenvalue weighted by atomic mass is 10.1. The van der Waals surface area contributed by atoms with E-state index in [1.165, 1.54) is 7.11 Å². The van der Waals surface area contributed by atoms with E-state index in [0.29, 0.717) is 12.1 Å². The predicted octanol–water partition coefficient (Wildman–Crippen LogP) is 2.64. The second-order valence-electron chi connectivity index (χ2n) is 6.52. The maximum absolute atomic E-state index is 11.9. The molecule has 0 aliphatic heterocycles. The van der Waals surface area contributed by atoms with Crippen LogP contribution in [0.4, 0.5) is 10.5 Å². The number of amides is 2. The van der Waals surface area contributed by atoms with Crippen molar-refractivity contribution in [2.24, 2.45) is 0 Å². The Bertz CT molecular complexity index is 605. The summed E-state index contributed by atoms with van der Waals surface area (Å²) in [6.45, 7) is 6.99. The highest BCUT2D eigenvalue weighted by molar-refractivity contribution is 5.90. The number of hydrogen-bond acceptors (Lipinski definition) is 5. The number of benzene rings is 1. The molecule has 7 heteroatoms. The van der Waals surface area contributed by atoms with E-state index in [0.717, 1.165) is 5.56 Å². The first-order valence-electron chi connectivity index (χ1n) is 8.10. The molecule has 1 rings (SSSR count). The van der Waals surface area contributed by atoms with E-state index >= 15 is 0 Å². The molecule has 0 aliphatic carbocycles. The van der Waals surface area contributed by atoms with Crippen molar-refractivity contribution in [2.45, 2.75) is 52.2 Å². The van der Waals surface area contributed by atoms with Crippen LogP contribution in [0.5, 0.6) is 0 Å². The minimum atomic E-state index is -0.865. The molecule has 138 valence electrons. The number of alkyl carbamates (subject to hydrolysis) is 1. The van der Waals surface area contributed by atoms with Crippen molar-refractivity contribution >= 4 is 23.7 Å². The van der Waals surface area contributed by atoms with Gasteiger partial charge in [-0.3, -0.25) is 4.79 Å². The smallest absolute Gasteiger partial charge is 0.408 e. The lowest BCUT2D eigenvalue weighted by molar-refractivity contribution is -0.143. The molecule has 0 unspecified atom stereocenters. The van der Waals surface area contributed by atoms with E-state index in [9.17, 15) is 14.4 Å². The van der Waals surface area contributed by atoms with Gasteiger partial charge in [0.1, 0.15) is 11.6 Å². The first-order chi connectivity index (χ1) is 11.6. The Morgan fingerprint density at radius 3 is 2.20 bits per heavy atom. The van der Waals surface area contributed by atoms with Crippen LogP contribution in [0.3, 0.4) is 0 Å². The van der Waals surface area contributed by atoms with Crippen LogP contribution in [0.15, 0.2) is 24.3 Å². The lowest BCUT2D eigenvalue weighted by Crippen LogP contribution is -2.45. The zero-order chi connectivity index (χ0) is 19.0. The SMILES string of the molecule is CCC(=O)Nc1ccc(C[C@H](NC(=O)OC(C)(C)C)C(=O)OC)cc1. The first kappa shape index (κ1) is 20.5. The first-order valence-corrected chi connectivity index (χ1v) is 8.10. The zero-order valence-corrected chi connectivity index (χ0v) is 15.3. The standard InChI is InChI=1S/C18H26N2O5/c1-6-15(21)19-13-9-7-12(8-10-13)11-14(16(22)24-5)20-17(23)25-18(2,3)4/h7-10,14H,6,11H2,1-5H3,(H,19,21)(H,20,23)/t14-/m0/s1. The van der Waals surface area contributed by atoms with E-state index in [1.807, 2.05) is 0 Å². The molecule has 0 fully saturated rings. The largest absolute Gasteiger partial charge is 0.467 e. The van der Waals surface area contributed by atoms with Gasteiger partial charge in [-0.15, -0.1) is 0 Å². The van der Waals surface area contributed by atoms with E-state index in [4.69, 9.17) is 9.47 Å². The molecule has 0 aromatic heterocycles. The van der Waals surface area contributed by atoms with Gasteiger partial charge in [-0.05, 0) is 38.5 Å². The summed E-state index contributed by atoms with van der Waals surface area (Å²) in [5, 5.41) is 5.27. The molecule has 0 bridgehead atoms. The van der Waals surface area contributed by atoms with Crippen molar-refractivity contribution in [1.82, 2.24) is 5.32 Å². The molecular weight excluding hydrogens is 324 g/mol. The number of carbonyl (C=O) groups excluding carboxylic acids is 3. The van der Waals surface area contributed by atoms with Gasteiger partial charge in [-0.2, -0.15) is 0 Å². The number of methoxy groups -OCH3 is 1. The highest BCUT2D eigenvalue weighted by Gasteiger charge is 2.25. The van der Waals surface area contributed by atoms with Crippen LogP contribution in [0.2, 0.25) is 0 Å². The van der Waals surface area contributed by atoms with Gasteiger partial charge >= 0.3 is 12.1 Å². The van der Waals surface area contributed by atoms with Gasteiger partial charge < -0.3 is 20.1 Å². The molecule has 1 atom stereocenters. The maximum Gasteiger partial charge on any atom is 0.408 e. The summed E-state index contributed by atoms with van der Waals surface area (Å²) in [5.74, 6) is -0.638. The third-order valence-corrected chi connectivity index (χ3v) is 3.18. The summed E-state index contributed by atoms with van der Waals surface area (Å²) >= 11 is 0. The van der Waals surface area contributed by atoms with Crippen molar-refractivity contribution in [3.8, 4) is 0 Å². The summed E-state index contributed by atoms with van der Waals surface area (Å²) in [7, 11) is 1.26. The Labute approximate surface area is 148 Å². The van der Waals surface area contributed by atoms with Gasteiger partial charge in [0.05, 0.1) is 7.11 Å². The predicted molar refractivity (Wildman–Crippen MR) is 94.2 cm³/mol. The van der Waals surface area contributed by atoms with E-state index in [1.54, 1.807) is 52.0 Å². The number of hydrogen-bond donors (Lipinski definition) is 2. The van der Waals surface area contributed by atoms with Crippen LogP contribution >= 0.6 is 0 Å². The summed E-state index contributed by atoms with van der Waals surface area (Å²) in [5.41, 5.74) is 0.815. The third-order valence-electron chi connectivity index (χ3n) is 3.18. The molecule has 2 amide bonds. The monoisotopic (exact) mass is 350 g/mol. The Morgan fingerprint density at radius 1 is 1.12 bits per heavy atom. The number of anilines is 1. The van der Waals surface area contributed by atoms with Gasteiger partial charge in [0.15, 0.2) is 0 Å². The van der Waals surface area contributed by atoms with E-state index in [2.05, 4.69) is 10.6 Å². The van der Waals surface area contributed by atoms with Crippen LogP contribution in [-0.2, 0) is 25.5 Å². The Kier molecular flexibility index (Phi) is 7.42. The fourth-order valence-electron chi connectivity index (χ4n) is 1.99. The average molecular weight is 350 g/mol. The molecule has 0 aliphatic rings. The molecule has 2 N–H and O–H groups in total. The topological polar surface area (TPSA) is 93.7 Å². The zero-order valence-electron chi connectivity index (χ0n) is 15.3. The Hall–Kier alpha value is -2.57. The molecule has 0 radical (unpaired) electrons. The number of ether oxygens (including phenoxy) is 2. The van der Waals surface area contributed by atoms with Crippen LogP contribution in [-0.4, -0.2) is 36.7 Å². The summed E-state index contributed by atoms with van der Waals surface area (Å²) in [6.07, 6.45) is -0.0467. The maximum atomic E-state index is 11.9. The van der Waals surface area contributed by atoms with Crippen LogP contribution < -0.4 is 10.6 Å². The van der Waals surface area contributed by atoms with Crippen molar-refractivity contribution in [3.05, 3.63) is 29.8 Å². The van der Waals surface area contributed by atoms with Crippen molar-refractivity contribution in [2.75, 3.05) is 12.4 Å². The molecule has 0 saturated heterocycles. The second-order valence-corrected chi connectivity index (χ2v) is 6.52. The average Bonchev–Trinajstić information content (AvgIpc) is 2.53. The molecule has 25 heavy (non-hydrogen) atoms. The van der Waals surface area contributed by atoms with E-state index in [-0.39, 0.29) is 12.3 Å². The van der Waals surface area contributed by atoms with Crippen molar-refractivity contribution < 1.29 is 23.9 Å². The van der Waals surface area contributed by atoms with Gasteiger partial charge in [-0.1, -0.05) is 19.1 Å². The molecule has 1 aromatic carbocycles. The van der Waals surface area contributed by atoms with Crippen LogP contribution in [0, 0.1) is 0 Å². The minimum Gasteiger partial charge on any atom is -0.467 e. The van der Waals surface area contributed by atoms with Gasteiger partial charge in [0.2, 0.25) is 5.91 Å². The van der Waals surface area contributed by atoms with Crippen molar-refractivity contribution in [3.63, 3.8) is 0 Å². The molecule has 0 spiro atoms. The number of carbonyl (C=O) groups is 3. The molecule has 0 heterocycles. The van der Waals surface area contributed by atoms with Gasteiger partial charge in [0.25, 0.3) is 0 Å². The summed E-state index contributed by atoms with van der Waals surface area (Å²) in [6, 6.07) is 6.17. The molecule has 0 saturated carbocycles. The third kappa shape index (κ3) is 7.69. The van der Waals surface area contributed by atoms with Gasteiger partial charge in [0, 0.05) is 18.5 Å². The summed E-state index contributed by atoms with van der Waals surface area (Å²) < 4.78 is 9.91. The molecule has 7 nitrogen and oxygen atoms in total. The minimum absolute atomic E-state index is 0.0771. The fourth-order valence-corrected chi connectivity index (χ4v) is 1.99. The highest BCUT2D eigenvalue weighted by atomic mass is 16.6. The number of esters is 1. The fraction of sp³-hybridized carbons (Fsp3) is 0.500. The van der Waals surface area contributed by atoms with Crippen LogP contribution in [0.25, 0.3) is 0 Å². The lowest BCUT2D eigenvalue weighted by Gasteiger charge is -2.22. The highest BCUT2D eigenvalue weighted by Crippen LogP contribution is 2.13. The number of nitrogens with one attached hydrogen (secondary N) is 2.